The lowest BCUT2D eigenvalue weighted by molar-refractivity contribution is 0.252. The Balaban J connectivity index is 1.35. The summed E-state index contributed by atoms with van der Waals surface area (Å²) in [7, 11) is 1.83. The SMILES string of the molecule is CNc1cncc(-c2ccc3nc(NC(=O)NCCc4noc(C(C)(C)CF)n4)sc3n2)c1. The Bertz CT molecular complexity index is 1270. The fourth-order valence-corrected chi connectivity index (χ4v) is 3.70. The van der Waals surface area contributed by atoms with Gasteiger partial charge in [0.05, 0.1) is 16.8 Å². The van der Waals surface area contributed by atoms with Crippen LogP contribution >= 0.6 is 11.3 Å². The number of carbonyl (C=O) groups is 1. The molecule has 2 amide bonds. The Labute approximate surface area is 193 Å². The van der Waals surface area contributed by atoms with Gasteiger partial charge in [-0.2, -0.15) is 4.98 Å². The van der Waals surface area contributed by atoms with Crippen molar-refractivity contribution in [1.82, 2.24) is 30.4 Å². The number of pyridine rings is 2. The van der Waals surface area contributed by atoms with Gasteiger partial charge in [0.25, 0.3) is 0 Å². The van der Waals surface area contributed by atoms with E-state index >= 15 is 0 Å². The molecule has 0 radical (unpaired) electrons. The van der Waals surface area contributed by atoms with Gasteiger partial charge in [-0.15, -0.1) is 0 Å². The van der Waals surface area contributed by atoms with Gasteiger partial charge < -0.3 is 15.2 Å². The zero-order valence-electron chi connectivity index (χ0n) is 18.3. The first kappa shape index (κ1) is 22.5. The van der Waals surface area contributed by atoms with Crippen LogP contribution in [0.5, 0.6) is 0 Å². The molecule has 4 rings (SSSR count). The minimum Gasteiger partial charge on any atom is -0.387 e. The number of hydrogen-bond acceptors (Lipinski definition) is 9. The van der Waals surface area contributed by atoms with Crippen LogP contribution in [0.2, 0.25) is 0 Å². The summed E-state index contributed by atoms with van der Waals surface area (Å²) in [5.74, 6) is 0.639. The number of thiazole rings is 1. The molecule has 4 heterocycles. The summed E-state index contributed by atoms with van der Waals surface area (Å²) in [6.07, 6.45) is 3.83. The van der Waals surface area contributed by atoms with Crippen molar-refractivity contribution in [2.45, 2.75) is 25.7 Å². The Hall–Kier alpha value is -3.67. The van der Waals surface area contributed by atoms with Gasteiger partial charge in [-0.1, -0.05) is 16.5 Å². The predicted octanol–water partition coefficient (Wildman–Crippen LogP) is 3.79. The molecule has 0 spiro atoms. The first-order chi connectivity index (χ1) is 15.9. The first-order valence-electron chi connectivity index (χ1n) is 10.2. The third kappa shape index (κ3) is 5.22. The molecule has 12 heteroatoms. The highest BCUT2D eigenvalue weighted by Crippen LogP contribution is 2.28. The second kappa shape index (κ2) is 9.45. The number of fused-ring (bicyclic) bond motifs is 1. The van der Waals surface area contributed by atoms with Crippen LogP contribution in [-0.4, -0.2) is 51.4 Å². The van der Waals surface area contributed by atoms with Crippen molar-refractivity contribution in [2.75, 3.05) is 30.9 Å². The number of nitrogens with one attached hydrogen (secondary N) is 3. The summed E-state index contributed by atoms with van der Waals surface area (Å²) in [4.78, 5) is 30.4. The van der Waals surface area contributed by atoms with Crippen molar-refractivity contribution in [2.24, 2.45) is 0 Å². The number of aromatic nitrogens is 5. The predicted molar refractivity (Wildman–Crippen MR) is 124 cm³/mol. The highest BCUT2D eigenvalue weighted by Gasteiger charge is 2.27. The molecule has 0 aliphatic carbocycles. The maximum atomic E-state index is 13.0. The Kier molecular flexibility index (Phi) is 6.45. The van der Waals surface area contributed by atoms with Gasteiger partial charge in [0, 0.05) is 38.0 Å². The number of anilines is 2. The van der Waals surface area contributed by atoms with Crippen LogP contribution in [0.1, 0.15) is 25.6 Å². The molecule has 0 bridgehead atoms. The van der Waals surface area contributed by atoms with Gasteiger partial charge in [0.2, 0.25) is 5.89 Å². The van der Waals surface area contributed by atoms with E-state index in [0.29, 0.717) is 27.7 Å². The second-order valence-electron chi connectivity index (χ2n) is 7.92. The number of halogens is 1. The van der Waals surface area contributed by atoms with Crippen molar-refractivity contribution < 1.29 is 13.7 Å². The zero-order chi connectivity index (χ0) is 23.4. The summed E-state index contributed by atoms with van der Waals surface area (Å²) in [5.41, 5.74) is 2.39. The van der Waals surface area contributed by atoms with Crippen LogP contribution in [0.3, 0.4) is 0 Å². The van der Waals surface area contributed by atoms with Crippen LogP contribution in [0.4, 0.5) is 20.0 Å². The summed E-state index contributed by atoms with van der Waals surface area (Å²) < 4.78 is 18.1. The lowest BCUT2D eigenvalue weighted by Crippen LogP contribution is -2.30. The molecule has 0 aliphatic rings. The molecule has 0 unspecified atom stereocenters. The highest BCUT2D eigenvalue weighted by molar-refractivity contribution is 7.21. The molecule has 0 saturated carbocycles. The molecule has 0 aliphatic heterocycles. The number of nitrogens with zero attached hydrogens (tertiary/aromatic N) is 5. The smallest absolute Gasteiger partial charge is 0.321 e. The molecule has 0 fully saturated rings. The van der Waals surface area contributed by atoms with Crippen molar-refractivity contribution in [3.63, 3.8) is 0 Å². The molecule has 4 aromatic heterocycles. The van der Waals surface area contributed by atoms with E-state index in [0.717, 1.165) is 16.9 Å². The number of hydrogen-bond donors (Lipinski definition) is 3. The molecule has 3 N–H and O–H groups in total. The summed E-state index contributed by atoms with van der Waals surface area (Å²) in [6, 6.07) is 5.27. The van der Waals surface area contributed by atoms with E-state index in [9.17, 15) is 9.18 Å². The number of carbonyl (C=O) groups excluding carboxylic acids is 1. The number of alkyl halides is 1. The molecule has 172 valence electrons. The van der Waals surface area contributed by atoms with Crippen LogP contribution in [0, 0.1) is 0 Å². The zero-order valence-corrected chi connectivity index (χ0v) is 19.2. The lowest BCUT2D eigenvalue weighted by Gasteiger charge is -2.13. The van der Waals surface area contributed by atoms with E-state index in [1.54, 1.807) is 26.2 Å². The number of urea groups is 1. The quantitative estimate of drug-likeness (QED) is 0.355. The second-order valence-corrected chi connectivity index (χ2v) is 8.89. The summed E-state index contributed by atoms with van der Waals surface area (Å²) in [5, 5.41) is 12.8. The summed E-state index contributed by atoms with van der Waals surface area (Å²) in [6.45, 7) is 3.04. The van der Waals surface area contributed by atoms with E-state index in [1.165, 1.54) is 11.3 Å². The third-order valence-corrected chi connectivity index (χ3v) is 5.69. The first-order valence-corrected chi connectivity index (χ1v) is 11.0. The van der Waals surface area contributed by atoms with Gasteiger partial charge in [0.1, 0.15) is 17.0 Å². The van der Waals surface area contributed by atoms with Crippen molar-refractivity contribution >= 4 is 38.5 Å². The lowest BCUT2D eigenvalue weighted by atomic mass is 9.96. The van der Waals surface area contributed by atoms with Gasteiger partial charge in [0.15, 0.2) is 11.0 Å². The standard InChI is InChI=1S/C21H23FN8O2S/c1-21(2,11-22)18-28-16(30-32-18)6-7-25-19(31)29-20-27-15-5-4-14(26-17(15)33-20)12-8-13(23-3)10-24-9-12/h4-5,8-10,23H,6-7,11H2,1-3H3,(H2,25,27,29,31). The van der Waals surface area contributed by atoms with E-state index in [2.05, 4.69) is 41.0 Å². The molecule has 0 atom stereocenters. The van der Waals surface area contributed by atoms with Crippen molar-refractivity contribution in [1.29, 1.82) is 0 Å². The van der Waals surface area contributed by atoms with Gasteiger partial charge >= 0.3 is 6.03 Å². The molecule has 10 nitrogen and oxygen atoms in total. The topological polar surface area (TPSA) is 131 Å². The van der Waals surface area contributed by atoms with E-state index < -0.39 is 18.1 Å². The molecule has 0 saturated heterocycles. The maximum absolute atomic E-state index is 13.0. The molecular weight excluding hydrogens is 447 g/mol. The fourth-order valence-electron chi connectivity index (χ4n) is 2.86. The highest BCUT2D eigenvalue weighted by atomic mass is 32.1. The van der Waals surface area contributed by atoms with Gasteiger partial charge in [-0.25, -0.2) is 19.2 Å². The van der Waals surface area contributed by atoms with Crippen LogP contribution < -0.4 is 16.0 Å². The molecule has 4 aromatic rings. The fraction of sp³-hybridized carbons (Fsp3) is 0.333. The minimum atomic E-state index is -0.830. The van der Waals surface area contributed by atoms with E-state index in [1.807, 2.05) is 25.2 Å². The molecule has 0 aromatic carbocycles. The maximum Gasteiger partial charge on any atom is 0.321 e. The largest absolute Gasteiger partial charge is 0.387 e. The number of amides is 2. The minimum absolute atomic E-state index is 0.235. The van der Waals surface area contributed by atoms with Crippen molar-refractivity contribution in [3.05, 3.63) is 42.3 Å². The van der Waals surface area contributed by atoms with Crippen LogP contribution in [-0.2, 0) is 11.8 Å². The third-order valence-electron chi connectivity index (χ3n) is 4.81. The van der Waals surface area contributed by atoms with E-state index in [4.69, 9.17) is 4.52 Å². The average molecular weight is 471 g/mol. The van der Waals surface area contributed by atoms with Gasteiger partial charge in [-0.3, -0.25) is 10.3 Å². The van der Waals surface area contributed by atoms with Gasteiger partial charge in [-0.05, 0) is 32.0 Å². The van der Waals surface area contributed by atoms with Crippen molar-refractivity contribution in [3.8, 4) is 11.3 Å². The Morgan fingerprint density at radius 1 is 1.21 bits per heavy atom. The average Bonchev–Trinajstić information content (AvgIpc) is 3.45. The normalized spacial score (nSPS) is 11.5. The summed E-state index contributed by atoms with van der Waals surface area (Å²) >= 11 is 1.28. The number of rotatable bonds is 8. The Morgan fingerprint density at radius 3 is 2.85 bits per heavy atom. The molecular formula is C21H23FN8O2S. The van der Waals surface area contributed by atoms with Crippen LogP contribution in [0.25, 0.3) is 21.6 Å². The molecule has 33 heavy (non-hydrogen) atoms. The Morgan fingerprint density at radius 2 is 2.06 bits per heavy atom. The van der Waals surface area contributed by atoms with Crippen LogP contribution in [0.15, 0.2) is 35.1 Å². The van der Waals surface area contributed by atoms with E-state index in [-0.39, 0.29) is 12.4 Å². The monoisotopic (exact) mass is 470 g/mol.